The van der Waals surface area contributed by atoms with E-state index in [4.69, 9.17) is 0 Å². The molecule has 0 radical (unpaired) electrons. The Labute approximate surface area is 176 Å². The maximum absolute atomic E-state index is 12.9. The summed E-state index contributed by atoms with van der Waals surface area (Å²) in [7, 11) is 0. The van der Waals surface area contributed by atoms with Crippen molar-refractivity contribution in [1.82, 2.24) is 9.59 Å². The highest BCUT2D eigenvalue weighted by molar-refractivity contribution is 7.03. The van der Waals surface area contributed by atoms with Gasteiger partial charge < -0.3 is 0 Å². The highest BCUT2D eigenvalue weighted by Gasteiger charge is 2.40. The monoisotopic (exact) mass is 408 g/mol. The van der Waals surface area contributed by atoms with Gasteiger partial charge in [-0.25, -0.2) is 0 Å². The van der Waals surface area contributed by atoms with E-state index in [1.54, 1.807) is 0 Å². The first-order valence-corrected chi connectivity index (χ1v) is 11.0. The van der Waals surface area contributed by atoms with Crippen molar-refractivity contribution in [2.24, 2.45) is 17.8 Å². The van der Waals surface area contributed by atoms with Gasteiger partial charge in [0.25, 0.3) is 0 Å². The maximum Gasteiger partial charge on any atom is 0.147 e. The van der Waals surface area contributed by atoms with Crippen molar-refractivity contribution in [1.29, 1.82) is 0 Å². The zero-order valence-electron chi connectivity index (χ0n) is 17.5. The van der Waals surface area contributed by atoms with E-state index >= 15 is 0 Å². The number of carbonyl (C=O) groups excluding carboxylic acids is 2. The topological polar surface area (TPSA) is 59.9 Å². The summed E-state index contributed by atoms with van der Waals surface area (Å²) in [5.41, 5.74) is 5.22. The summed E-state index contributed by atoms with van der Waals surface area (Å²) in [6.45, 7) is 8.36. The average Bonchev–Trinajstić information content (AvgIpc) is 3.27. The zero-order valence-corrected chi connectivity index (χ0v) is 18.3. The van der Waals surface area contributed by atoms with Gasteiger partial charge >= 0.3 is 0 Å². The Morgan fingerprint density at radius 3 is 2.55 bits per heavy atom. The Kier molecular flexibility index (Phi) is 6.91. The number of aromatic nitrogens is 2. The molecule has 0 bridgehead atoms. The first kappa shape index (κ1) is 21.3. The van der Waals surface area contributed by atoms with Crippen molar-refractivity contribution in [2.75, 3.05) is 0 Å². The Bertz CT molecular complexity index is 924. The molecule has 0 N–H and O–H groups in total. The summed E-state index contributed by atoms with van der Waals surface area (Å²) in [4.78, 5) is 25.4. The summed E-state index contributed by atoms with van der Waals surface area (Å²) < 4.78 is 3.89. The molecule has 1 fully saturated rings. The fourth-order valence-corrected chi connectivity index (χ4v) is 4.51. The van der Waals surface area contributed by atoms with Gasteiger partial charge in [0.05, 0.1) is 5.92 Å². The third-order valence-electron chi connectivity index (χ3n) is 5.27. The fraction of sp³-hybridized carbons (Fsp3) is 0.417. The number of ketones is 2. The molecule has 1 aliphatic rings. The van der Waals surface area contributed by atoms with Crippen LogP contribution in [0.15, 0.2) is 52.9 Å². The maximum atomic E-state index is 12.9. The first-order chi connectivity index (χ1) is 13.8. The van der Waals surface area contributed by atoms with Crippen LogP contribution in [0.25, 0.3) is 11.3 Å². The van der Waals surface area contributed by atoms with E-state index in [0.29, 0.717) is 25.2 Å². The average molecular weight is 409 g/mol. The lowest BCUT2D eigenvalue weighted by atomic mass is 9.91. The van der Waals surface area contributed by atoms with Crippen LogP contribution in [0.5, 0.6) is 0 Å². The van der Waals surface area contributed by atoms with E-state index < -0.39 is 5.92 Å². The molecular formula is C24H28N2O2S. The number of nitrogens with zero attached hydrogens (tertiary/aromatic N) is 2. The van der Waals surface area contributed by atoms with Crippen molar-refractivity contribution >= 4 is 23.1 Å². The largest absolute Gasteiger partial charge is 0.299 e. The molecule has 1 saturated carbocycles. The number of carbonyl (C=O) groups is 2. The molecule has 0 saturated heterocycles. The molecule has 29 heavy (non-hydrogen) atoms. The Morgan fingerprint density at radius 1 is 1.21 bits per heavy atom. The number of benzene rings is 1. The van der Waals surface area contributed by atoms with Crippen LogP contribution >= 0.6 is 11.5 Å². The molecule has 3 rings (SSSR count). The highest BCUT2D eigenvalue weighted by atomic mass is 32.1. The molecule has 1 aliphatic carbocycles. The minimum absolute atomic E-state index is 0.0865. The van der Waals surface area contributed by atoms with Crippen LogP contribution in [0.4, 0.5) is 0 Å². The summed E-state index contributed by atoms with van der Waals surface area (Å²) in [5, 5.41) is 5.98. The lowest BCUT2D eigenvalue weighted by Crippen LogP contribution is -2.18. The van der Waals surface area contributed by atoms with Crippen molar-refractivity contribution in [2.45, 2.75) is 47.0 Å². The Hall–Kier alpha value is -2.40. The molecule has 0 amide bonds. The van der Waals surface area contributed by atoms with Crippen LogP contribution in [0, 0.1) is 17.8 Å². The molecular weight excluding hydrogens is 380 g/mol. The molecule has 5 heteroatoms. The molecule has 2 unspecified atom stereocenters. The predicted molar refractivity (Wildman–Crippen MR) is 118 cm³/mol. The molecule has 0 spiro atoms. The van der Waals surface area contributed by atoms with E-state index in [2.05, 4.69) is 42.5 Å². The number of allylic oxidation sites excluding steroid dienone is 4. The molecule has 1 aromatic heterocycles. The van der Waals surface area contributed by atoms with Gasteiger partial charge in [0, 0.05) is 23.3 Å². The summed E-state index contributed by atoms with van der Waals surface area (Å²) >= 11 is 1.33. The first-order valence-electron chi connectivity index (χ1n) is 10.1. The number of hydrogen-bond acceptors (Lipinski definition) is 5. The van der Waals surface area contributed by atoms with Gasteiger partial charge in [0.15, 0.2) is 0 Å². The normalized spacial score (nSPS) is 20.7. The van der Waals surface area contributed by atoms with Gasteiger partial charge in [-0.1, -0.05) is 65.9 Å². The van der Waals surface area contributed by atoms with Crippen LogP contribution in [-0.4, -0.2) is 21.2 Å². The van der Waals surface area contributed by atoms with Crippen LogP contribution < -0.4 is 0 Å². The standard InChI is InChI=1S/C24H28N2O2S/c1-15(2)9-16(3)10-17(4)11-21-23(27)13-20(24(21)28)12-18-5-7-19(8-6-18)22-14-29-26-25-22/h5-10,14-15,20-21H,11-13H2,1-4H3. The third-order valence-corrected chi connectivity index (χ3v) is 5.77. The van der Waals surface area contributed by atoms with Crippen LogP contribution in [0.3, 0.4) is 0 Å². The summed E-state index contributed by atoms with van der Waals surface area (Å²) in [6.07, 6.45) is 5.80. The lowest BCUT2D eigenvalue weighted by Gasteiger charge is -2.11. The molecule has 2 aromatic rings. The molecule has 0 aliphatic heterocycles. The Balaban J connectivity index is 1.63. The second-order valence-electron chi connectivity index (χ2n) is 8.36. The van der Waals surface area contributed by atoms with Crippen molar-refractivity contribution in [3.8, 4) is 11.3 Å². The summed E-state index contributed by atoms with van der Waals surface area (Å²) in [5.74, 6) is -0.0244. The van der Waals surface area contributed by atoms with Gasteiger partial charge in [-0.05, 0) is 49.7 Å². The van der Waals surface area contributed by atoms with Crippen LogP contribution in [0.2, 0.25) is 0 Å². The smallest absolute Gasteiger partial charge is 0.147 e. The van der Waals surface area contributed by atoms with E-state index in [0.717, 1.165) is 22.4 Å². The molecule has 1 heterocycles. The SMILES string of the molecule is CC(=CC(C)C)C=C(C)CC1C(=O)CC(Cc2ccc(-c3csnn3)cc2)C1=O. The number of rotatable bonds is 7. The Morgan fingerprint density at radius 2 is 1.93 bits per heavy atom. The van der Waals surface area contributed by atoms with Gasteiger partial charge in [0.2, 0.25) is 0 Å². The highest BCUT2D eigenvalue weighted by Crippen LogP contribution is 2.32. The van der Waals surface area contributed by atoms with E-state index in [1.807, 2.05) is 36.6 Å². The number of Topliss-reactive ketones (excluding diaryl/α,β-unsaturated/α-hetero) is 2. The third kappa shape index (κ3) is 5.57. The van der Waals surface area contributed by atoms with Gasteiger partial charge in [0.1, 0.15) is 17.3 Å². The van der Waals surface area contributed by atoms with Crippen molar-refractivity contribution in [3.63, 3.8) is 0 Å². The van der Waals surface area contributed by atoms with E-state index in [-0.39, 0.29) is 17.5 Å². The number of hydrogen-bond donors (Lipinski definition) is 0. The van der Waals surface area contributed by atoms with Crippen LogP contribution in [-0.2, 0) is 16.0 Å². The van der Waals surface area contributed by atoms with Gasteiger partial charge in [-0.3, -0.25) is 9.59 Å². The molecule has 2 atom stereocenters. The van der Waals surface area contributed by atoms with Crippen molar-refractivity contribution < 1.29 is 9.59 Å². The lowest BCUT2D eigenvalue weighted by molar-refractivity contribution is -0.128. The minimum atomic E-state index is -0.483. The second kappa shape index (κ2) is 9.40. The fourth-order valence-electron chi connectivity index (χ4n) is 4.05. The quantitative estimate of drug-likeness (QED) is 0.451. The van der Waals surface area contributed by atoms with E-state index in [9.17, 15) is 9.59 Å². The summed E-state index contributed by atoms with van der Waals surface area (Å²) in [6, 6.07) is 8.04. The molecule has 1 aromatic carbocycles. The second-order valence-corrected chi connectivity index (χ2v) is 8.97. The molecule has 4 nitrogen and oxygen atoms in total. The predicted octanol–water partition coefficient (Wildman–Crippen LogP) is 5.46. The minimum Gasteiger partial charge on any atom is -0.299 e. The van der Waals surface area contributed by atoms with Gasteiger partial charge in [-0.2, -0.15) is 0 Å². The zero-order chi connectivity index (χ0) is 21.0. The van der Waals surface area contributed by atoms with Crippen LogP contribution in [0.1, 0.15) is 46.1 Å². The molecule has 152 valence electrons. The van der Waals surface area contributed by atoms with Gasteiger partial charge in [-0.15, -0.1) is 5.10 Å². The van der Waals surface area contributed by atoms with Crippen molar-refractivity contribution in [3.05, 3.63) is 58.5 Å². The van der Waals surface area contributed by atoms with E-state index in [1.165, 1.54) is 17.1 Å².